The largest absolute Gasteiger partial charge is 0.462 e. The molecule has 1 aromatic carbocycles. The summed E-state index contributed by atoms with van der Waals surface area (Å²) >= 11 is 0. The van der Waals surface area contributed by atoms with E-state index in [1.165, 1.54) is 0 Å². The summed E-state index contributed by atoms with van der Waals surface area (Å²) in [5.41, 5.74) is 1.28. The number of hydrogen-bond donors (Lipinski definition) is 0. The van der Waals surface area contributed by atoms with Crippen molar-refractivity contribution in [1.82, 2.24) is 0 Å². The number of carbonyl (C=O) groups is 2. The molecular formula is C13H12O3. The number of aldehydes is 1. The molecule has 3 nitrogen and oxygen atoms in total. The van der Waals surface area contributed by atoms with Crippen molar-refractivity contribution in [2.75, 3.05) is 6.61 Å². The smallest absolute Gasteiger partial charge is 0.338 e. The van der Waals surface area contributed by atoms with Gasteiger partial charge >= 0.3 is 5.97 Å². The molecule has 1 aromatic rings. The van der Waals surface area contributed by atoms with Crippen molar-refractivity contribution in [2.24, 2.45) is 0 Å². The van der Waals surface area contributed by atoms with Gasteiger partial charge in [0.15, 0.2) is 0 Å². The molecule has 0 amide bonds. The summed E-state index contributed by atoms with van der Waals surface area (Å²) in [5.74, 6) is 5.16. The van der Waals surface area contributed by atoms with Crippen LogP contribution in [0.1, 0.15) is 29.3 Å². The lowest BCUT2D eigenvalue weighted by Crippen LogP contribution is -2.04. The molecule has 0 aromatic heterocycles. The summed E-state index contributed by atoms with van der Waals surface area (Å²) in [7, 11) is 0. The highest BCUT2D eigenvalue weighted by Gasteiger charge is 2.04. The molecule has 3 heteroatoms. The second-order valence-corrected chi connectivity index (χ2v) is 2.97. The van der Waals surface area contributed by atoms with Crippen LogP contribution in [0.5, 0.6) is 0 Å². The second-order valence-electron chi connectivity index (χ2n) is 2.97. The van der Waals surface area contributed by atoms with Gasteiger partial charge in [-0.1, -0.05) is 11.8 Å². The second kappa shape index (κ2) is 6.41. The fraction of sp³-hybridized carbons (Fsp3) is 0.231. The van der Waals surface area contributed by atoms with Gasteiger partial charge in [0, 0.05) is 5.56 Å². The molecule has 0 heterocycles. The van der Waals surface area contributed by atoms with E-state index in [1.807, 2.05) is 0 Å². The molecule has 0 unspecified atom stereocenters. The molecule has 0 radical (unpaired) electrons. The molecule has 1 rings (SSSR count). The van der Waals surface area contributed by atoms with Gasteiger partial charge in [-0.15, -0.1) is 0 Å². The molecule has 0 aliphatic heterocycles. The van der Waals surface area contributed by atoms with Crippen molar-refractivity contribution in [2.45, 2.75) is 13.3 Å². The van der Waals surface area contributed by atoms with Crippen LogP contribution in [0.2, 0.25) is 0 Å². The van der Waals surface area contributed by atoms with E-state index in [0.29, 0.717) is 12.2 Å². The lowest BCUT2D eigenvalue weighted by Gasteiger charge is -2.00. The Kier molecular flexibility index (Phi) is 4.81. The van der Waals surface area contributed by atoms with Gasteiger partial charge < -0.3 is 9.53 Å². The molecule has 0 fully saturated rings. The van der Waals surface area contributed by atoms with Gasteiger partial charge in [-0.2, -0.15) is 0 Å². The lowest BCUT2D eigenvalue weighted by molar-refractivity contribution is -0.107. The Morgan fingerprint density at radius 2 is 2.06 bits per heavy atom. The molecule has 0 N–H and O–H groups in total. The Balaban J connectivity index is 2.72. The molecule has 0 saturated heterocycles. The van der Waals surface area contributed by atoms with Gasteiger partial charge in [-0.05, 0) is 31.2 Å². The zero-order chi connectivity index (χ0) is 11.8. The SMILES string of the molecule is CCOC(=O)c1ccc(C#CCC=O)cc1. The summed E-state index contributed by atoms with van der Waals surface area (Å²) in [6.07, 6.45) is 0.972. The minimum Gasteiger partial charge on any atom is -0.462 e. The number of ether oxygens (including phenoxy) is 1. The highest BCUT2D eigenvalue weighted by atomic mass is 16.5. The van der Waals surface area contributed by atoms with Crippen molar-refractivity contribution in [3.8, 4) is 11.8 Å². The van der Waals surface area contributed by atoms with Gasteiger partial charge in [0.05, 0.1) is 18.6 Å². The van der Waals surface area contributed by atoms with Gasteiger partial charge in [-0.25, -0.2) is 4.79 Å². The van der Waals surface area contributed by atoms with Crippen LogP contribution in [0.15, 0.2) is 24.3 Å². The molecule has 0 saturated carbocycles. The predicted molar refractivity (Wildman–Crippen MR) is 60.0 cm³/mol. The van der Waals surface area contributed by atoms with E-state index in [0.717, 1.165) is 11.8 Å². The van der Waals surface area contributed by atoms with Gasteiger partial charge in [0.1, 0.15) is 6.29 Å². The van der Waals surface area contributed by atoms with Gasteiger partial charge in [0.2, 0.25) is 0 Å². The fourth-order valence-electron chi connectivity index (χ4n) is 1.10. The van der Waals surface area contributed by atoms with Crippen LogP contribution in [0.25, 0.3) is 0 Å². The van der Waals surface area contributed by atoms with Crippen molar-refractivity contribution in [3.63, 3.8) is 0 Å². The zero-order valence-corrected chi connectivity index (χ0v) is 9.03. The Hall–Kier alpha value is -2.08. The van der Waals surface area contributed by atoms with Gasteiger partial charge in [0.25, 0.3) is 0 Å². The van der Waals surface area contributed by atoms with Crippen LogP contribution in [-0.2, 0) is 9.53 Å². The van der Waals surface area contributed by atoms with Gasteiger partial charge in [-0.3, -0.25) is 0 Å². The molecule has 0 atom stereocenters. The van der Waals surface area contributed by atoms with E-state index in [4.69, 9.17) is 4.74 Å². The van der Waals surface area contributed by atoms with E-state index in [9.17, 15) is 9.59 Å². The number of rotatable bonds is 3. The summed E-state index contributed by atoms with van der Waals surface area (Å²) in [4.78, 5) is 21.4. The monoisotopic (exact) mass is 216 g/mol. The Morgan fingerprint density at radius 3 is 2.62 bits per heavy atom. The fourth-order valence-corrected chi connectivity index (χ4v) is 1.10. The zero-order valence-electron chi connectivity index (χ0n) is 9.03. The quantitative estimate of drug-likeness (QED) is 0.439. The standard InChI is InChI=1S/C13H12O3/c1-2-16-13(15)12-8-6-11(7-9-12)5-3-4-10-14/h6-10H,2,4H2,1H3. The van der Waals surface area contributed by atoms with Crippen LogP contribution in [0.3, 0.4) is 0 Å². The van der Waals surface area contributed by atoms with Crippen molar-refractivity contribution in [3.05, 3.63) is 35.4 Å². The third-order valence-electron chi connectivity index (χ3n) is 1.81. The molecule has 16 heavy (non-hydrogen) atoms. The molecule has 0 bridgehead atoms. The topological polar surface area (TPSA) is 43.4 Å². The number of hydrogen-bond acceptors (Lipinski definition) is 3. The Morgan fingerprint density at radius 1 is 1.38 bits per heavy atom. The highest BCUT2D eigenvalue weighted by Crippen LogP contribution is 2.05. The molecule has 0 spiro atoms. The van der Waals surface area contributed by atoms with E-state index in [-0.39, 0.29) is 12.4 Å². The average molecular weight is 216 g/mol. The molecule has 0 aliphatic rings. The maximum atomic E-state index is 11.3. The first-order chi connectivity index (χ1) is 7.77. The highest BCUT2D eigenvalue weighted by molar-refractivity contribution is 5.89. The van der Waals surface area contributed by atoms with Crippen LogP contribution in [0.4, 0.5) is 0 Å². The Labute approximate surface area is 94.4 Å². The minimum absolute atomic E-state index is 0.222. The minimum atomic E-state index is -0.338. The maximum absolute atomic E-state index is 11.3. The first kappa shape index (κ1) is 12.0. The van der Waals surface area contributed by atoms with Crippen LogP contribution < -0.4 is 0 Å². The lowest BCUT2D eigenvalue weighted by atomic mass is 10.1. The summed E-state index contributed by atoms with van der Waals surface area (Å²) in [5, 5.41) is 0. The van der Waals surface area contributed by atoms with E-state index < -0.39 is 0 Å². The number of carbonyl (C=O) groups excluding carboxylic acids is 2. The van der Waals surface area contributed by atoms with E-state index >= 15 is 0 Å². The summed E-state index contributed by atoms with van der Waals surface area (Å²) < 4.78 is 4.85. The molecular weight excluding hydrogens is 204 g/mol. The van der Waals surface area contributed by atoms with Crippen molar-refractivity contribution in [1.29, 1.82) is 0 Å². The van der Waals surface area contributed by atoms with Crippen molar-refractivity contribution < 1.29 is 14.3 Å². The first-order valence-electron chi connectivity index (χ1n) is 4.97. The third kappa shape index (κ3) is 3.58. The first-order valence-corrected chi connectivity index (χ1v) is 4.97. The average Bonchev–Trinajstić information content (AvgIpc) is 2.30. The third-order valence-corrected chi connectivity index (χ3v) is 1.81. The normalized spacial score (nSPS) is 8.81. The Bertz CT molecular complexity index is 421. The number of benzene rings is 1. The molecule has 0 aliphatic carbocycles. The van der Waals surface area contributed by atoms with E-state index in [2.05, 4.69) is 11.8 Å². The molecule has 82 valence electrons. The van der Waals surface area contributed by atoms with E-state index in [1.54, 1.807) is 31.2 Å². The van der Waals surface area contributed by atoms with Crippen molar-refractivity contribution >= 4 is 12.3 Å². The summed E-state index contributed by atoms with van der Waals surface area (Å²) in [6, 6.07) is 6.76. The van der Waals surface area contributed by atoms with Crippen LogP contribution in [-0.4, -0.2) is 18.9 Å². The maximum Gasteiger partial charge on any atom is 0.338 e. The summed E-state index contributed by atoms with van der Waals surface area (Å²) in [6.45, 7) is 2.12. The van der Waals surface area contributed by atoms with Crippen LogP contribution >= 0.6 is 0 Å². The van der Waals surface area contributed by atoms with Crippen LogP contribution in [0, 0.1) is 11.8 Å². The number of esters is 1. The predicted octanol–water partition coefficient (Wildman–Crippen LogP) is 1.80.